The molecule has 3 heteroatoms. The van der Waals surface area contributed by atoms with Crippen molar-refractivity contribution in [3.63, 3.8) is 0 Å². The Labute approximate surface area is 86.5 Å². The topological polar surface area (TPSA) is 32.3 Å². The summed E-state index contributed by atoms with van der Waals surface area (Å²) in [5.41, 5.74) is -0.591. The summed E-state index contributed by atoms with van der Waals surface area (Å²) in [5, 5.41) is 12.8. The second-order valence-corrected chi connectivity index (χ2v) is 5.47. The molecule has 0 saturated heterocycles. The molecule has 0 aliphatic heterocycles. The van der Waals surface area contributed by atoms with Crippen LogP contribution in [0.4, 0.5) is 0 Å². The van der Waals surface area contributed by atoms with E-state index < -0.39 is 5.60 Å². The van der Waals surface area contributed by atoms with Gasteiger partial charge in [-0.15, -0.1) is 0 Å². The van der Waals surface area contributed by atoms with E-state index in [-0.39, 0.29) is 0 Å². The second kappa shape index (κ2) is 6.68. The van der Waals surface area contributed by atoms with Crippen LogP contribution in [0.15, 0.2) is 0 Å². The second-order valence-electron chi connectivity index (χ2n) is 4.08. The van der Waals surface area contributed by atoms with Crippen LogP contribution in [-0.2, 0) is 0 Å². The van der Waals surface area contributed by atoms with Gasteiger partial charge >= 0.3 is 0 Å². The van der Waals surface area contributed by atoms with Gasteiger partial charge in [0.2, 0.25) is 0 Å². The Morgan fingerprint density at radius 1 is 1.46 bits per heavy atom. The largest absolute Gasteiger partial charge is 0.389 e. The number of nitrogens with one attached hydrogen (secondary N) is 1. The zero-order valence-corrected chi connectivity index (χ0v) is 10.1. The minimum Gasteiger partial charge on any atom is -0.389 e. The number of thioether (sulfide) groups is 1. The van der Waals surface area contributed by atoms with Crippen molar-refractivity contribution in [2.75, 3.05) is 18.1 Å². The van der Waals surface area contributed by atoms with Crippen molar-refractivity contribution in [3.8, 4) is 0 Å². The molecular weight excluding hydrogens is 182 g/mol. The lowest BCUT2D eigenvalue weighted by Gasteiger charge is -2.21. The van der Waals surface area contributed by atoms with E-state index in [0.717, 1.165) is 0 Å². The van der Waals surface area contributed by atoms with Gasteiger partial charge in [-0.2, -0.15) is 11.8 Å². The molecule has 0 spiro atoms. The van der Waals surface area contributed by atoms with Crippen LogP contribution in [0.25, 0.3) is 0 Å². The van der Waals surface area contributed by atoms with Crippen LogP contribution in [0.1, 0.15) is 34.1 Å². The maximum Gasteiger partial charge on any atom is 0.0715 e. The fraction of sp³-hybridized carbons (Fsp3) is 1.00. The lowest BCUT2D eigenvalue weighted by Crippen LogP contribution is -2.39. The van der Waals surface area contributed by atoms with E-state index in [9.17, 15) is 5.11 Å². The minimum atomic E-state index is -0.591. The smallest absolute Gasteiger partial charge is 0.0715 e. The molecule has 0 aromatic heterocycles. The SMILES string of the molecule is CCSCCC(C)NCC(C)(C)O. The zero-order valence-electron chi connectivity index (χ0n) is 9.26. The van der Waals surface area contributed by atoms with E-state index in [1.54, 1.807) is 0 Å². The van der Waals surface area contributed by atoms with Crippen LogP contribution >= 0.6 is 11.8 Å². The summed E-state index contributed by atoms with van der Waals surface area (Å²) in [6, 6.07) is 0.505. The Bertz CT molecular complexity index is 123. The van der Waals surface area contributed by atoms with Gasteiger partial charge in [-0.25, -0.2) is 0 Å². The van der Waals surface area contributed by atoms with Crippen LogP contribution < -0.4 is 5.32 Å². The standard InChI is InChI=1S/C10H23NOS/c1-5-13-7-6-9(2)11-8-10(3,4)12/h9,11-12H,5-8H2,1-4H3. The van der Waals surface area contributed by atoms with Crippen molar-refractivity contribution < 1.29 is 5.11 Å². The summed E-state index contributed by atoms with van der Waals surface area (Å²) in [7, 11) is 0. The van der Waals surface area contributed by atoms with Crippen molar-refractivity contribution in [2.24, 2.45) is 0 Å². The summed E-state index contributed by atoms with van der Waals surface area (Å²) < 4.78 is 0. The number of aliphatic hydroxyl groups is 1. The van der Waals surface area contributed by atoms with E-state index in [1.807, 2.05) is 25.6 Å². The predicted octanol–water partition coefficient (Wildman–Crippen LogP) is 1.88. The van der Waals surface area contributed by atoms with Gasteiger partial charge in [0, 0.05) is 12.6 Å². The predicted molar refractivity (Wildman–Crippen MR) is 61.4 cm³/mol. The lowest BCUT2D eigenvalue weighted by atomic mass is 10.1. The first-order valence-electron chi connectivity index (χ1n) is 4.99. The molecule has 0 radical (unpaired) electrons. The maximum absolute atomic E-state index is 9.47. The number of hydrogen-bond acceptors (Lipinski definition) is 3. The normalized spacial score (nSPS) is 14.5. The van der Waals surface area contributed by atoms with Gasteiger partial charge in [-0.3, -0.25) is 0 Å². The summed E-state index contributed by atoms with van der Waals surface area (Å²) in [6.07, 6.45) is 1.18. The Kier molecular flexibility index (Phi) is 6.82. The Morgan fingerprint density at radius 2 is 2.08 bits per heavy atom. The third kappa shape index (κ3) is 10.2. The number of rotatable bonds is 7. The van der Waals surface area contributed by atoms with Crippen molar-refractivity contribution >= 4 is 11.8 Å². The van der Waals surface area contributed by atoms with Crippen molar-refractivity contribution in [3.05, 3.63) is 0 Å². The maximum atomic E-state index is 9.47. The first-order valence-corrected chi connectivity index (χ1v) is 6.14. The molecule has 1 atom stereocenters. The molecule has 0 rings (SSSR count). The van der Waals surface area contributed by atoms with Crippen molar-refractivity contribution in [1.29, 1.82) is 0 Å². The fourth-order valence-electron chi connectivity index (χ4n) is 0.931. The summed E-state index contributed by atoms with van der Waals surface area (Å²) >= 11 is 1.97. The van der Waals surface area contributed by atoms with Crippen molar-refractivity contribution in [1.82, 2.24) is 5.32 Å². The zero-order chi connectivity index (χ0) is 10.3. The van der Waals surface area contributed by atoms with Gasteiger partial charge in [0.25, 0.3) is 0 Å². The van der Waals surface area contributed by atoms with E-state index in [0.29, 0.717) is 12.6 Å². The van der Waals surface area contributed by atoms with E-state index >= 15 is 0 Å². The molecule has 80 valence electrons. The highest BCUT2D eigenvalue weighted by molar-refractivity contribution is 7.99. The minimum absolute atomic E-state index is 0.505. The van der Waals surface area contributed by atoms with Gasteiger partial charge in [-0.05, 0) is 38.7 Å². The quantitative estimate of drug-likeness (QED) is 0.622. The van der Waals surface area contributed by atoms with Crippen LogP contribution in [0.5, 0.6) is 0 Å². The molecule has 1 unspecified atom stereocenters. The average Bonchev–Trinajstić information content (AvgIpc) is 2.00. The lowest BCUT2D eigenvalue weighted by molar-refractivity contribution is 0.0769. The molecule has 0 amide bonds. The molecule has 0 aromatic carbocycles. The molecule has 0 aliphatic carbocycles. The van der Waals surface area contributed by atoms with Gasteiger partial charge in [0.05, 0.1) is 5.60 Å². The van der Waals surface area contributed by atoms with Crippen LogP contribution in [0, 0.1) is 0 Å². The van der Waals surface area contributed by atoms with E-state index in [1.165, 1.54) is 17.9 Å². The molecule has 2 nitrogen and oxygen atoms in total. The van der Waals surface area contributed by atoms with Gasteiger partial charge in [0.15, 0.2) is 0 Å². The molecule has 0 fully saturated rings. The summed E-state index contributed by atoms with van der Waals surface area (Å²) in [6.45, 7) is 8.67. The van der Waals surface area contributed by atoms with E-state index in [2.05, 4.69) is 19.2 Å². The average molecular weight is 205 g/mol. The van der Waals surface area contributed by atoms with Crippen LogP contribution in [-0.4, -0.2) is 34.8 Å². The molecule has 0 aromatic rings. The molecule has 0 aliphatic rings. The van der Waals surface area contributed by atoms with E-state index in [4.69, 9.17) is 0 Å². The Morgan fingerprint density at radius 3 is 2.54 bits per heavy atom. The van der Waals surface area contributed by atoms with Gasteiger partial charge in [0.1, 0.15) is 0 Å². The highest BCUT2D eigenvalue weighted by atomic mass is 32.2. The van der Waals surface area contributed by atoms with Crippen LogP contribution in [0.3, 0.4) is 0 Å². The summed E-state index contributed by atoms with van der Waals surface area (Å²) in [4.78, 5) is 0. The van der Waals surface area contributed by atoms with Gasteiger partial charge in [-0.1, -0.05) is 6.92 Å². The third-order valence-electron chi connectivity index (χ3n) is 1.78. The molecule has 13 heavy (non-hydrogen) atoms. The first kappa shape index (κ1) is 13.3. The Balaban J connectivity index is 3.35. The highest BCUT2D eigenvalue weighted by Gasteiger charge is 2.13. The molecule has 2 N–H and O–H groups in total. The molecule has 0 saturated carbocycles. The third-order valence-corrected chi connectivity index (χ3v) is 2.72. The fourth-order valence-corrected chi connectivity index (χ4v) is 1.74. The summed E-state index contributed by atoms with van der Waals surface area (Å²) in [5.74, 6) is 2.40. The van der Waals surface area contributed by atoms with Crippen LogP contribution in [0.2, 0.25) is 0 Å². The Hall–Kier alpha value is 0.270. The van der Waals surface area contributed by atoms with Gasteiger partial charge < -0.3 is 10.4 Å². The van der Waals surface area contributed by atoms with Crippen molar-refractivity contribution in [2.45, 2.75) is 45.8 Å². The molecule has 0 bridgehead atoms. The first-order chi connectivity index (χ1) is 5.95. The molecule has 0 heterocycles. The highest BCUT2D eigenvalue weighted by Crippen LogP contribution is 2.05. The number of hydrogen-bond donors (Lipinski definition) is 2. The molecular formula is C10H23NOS. The monoisotopic (exact) mass is 205 g/mol.